The summed E-state index contributed by atoms with van der Waals surface area (Å²) in [6, 6.07) is 0. The highest BCUT2D eigenvalue weighted by Gasteiger charge is 2.82. The molecule has 1 aliphatic heterocycles. The second kappa shape index (κ2) is 3.36. The van der Waals surface area contributed by atoms with Crippen molar-refractivity contribution in [1.29, 1.82) is 0 Å². The van der Waals surface area contributed by atoms with E-state index in [1.807, 2.05) is 0 Å². The van der Waals surface area contributed by atoms with Gasteiger partial charge >= 0.3 is 0 Å². The van der Waals surface area contributed by atoms with Gasteiger partial charge in [0.1, 0.15) is 5.92 Å². The lowest BCUT2D eigenvalue weighted by Gasteiger charge is -2.30. The molecule has 0 aromatic rings. The molecule has 1 heterocycles. The van der Waals surface area contributed by atoms with Gasteiger partial charge in [-0.3, -0.25) is 4.79 Å². The first-order chi connectivity index (χ1) is 7.63. The molecule has 0 radical (unpaired) electrons. The molecular formula is C8H13F2N3O3S. The summed E-state index contributed by atoms with van der Waals surface area (Å²) in [6.45, 7) is -0.198. The van der Waals surface area contributed by atoms with Gasteiger partial charge in [-0.05, 0) is 12.8 Å². The summed E-state index contributed by atoms with van der Waals surface area (Å²) < 4.78 is 50.0. The third-order valence-electron chi connectivity index (χ3n) is 3.75. The smallest absolute Gasteiger partial charge is 0.276 e. The van der Waals surface area contributed by atoms with Crippen LogP contribution in [0.15, 0.2) is 0 Å². The largest absolute Gasteiger partial charge is 0.369 e. The Morgan fingerprint density at radius 2 is 1.76 bits per heavy atom. The summed E-state index contributed by atoms with van der Waals surface area (Å²) in [5.74, 6) is -5.62. The fourth-order valence-electron chi connectivity index (χ4n) is 2.72. The van der Waals surface area contributed by atoms with Gasteiger partial charge in [0.25, 0.3) is 16.1 Å². The van der Waals surface area contributed by atoms with E-state index in [4.69, 9.17) is 10.9 Å². The lowest BCUT2D eigenvalue weighted by Crippen LogP contribution is -2.44. The monoisotopic (exact) mass is 269 g/mol. The molecule has 0 bridgehead atoms. The van der Waals surface area contributed by atoms with Crippen molar-refractivity contribution in [3.8, 4) is 0 Å². The van der Waals surface area contributed by atoms with Crippen molar-refractivity contribution >= 4 is 16.1 Å². The Hall–Kier alpha value is -0.800. The zero-order valence-corrected chi connectivity index (χ0v) is 9.71. The molecule has 1 saturated heterocycles. The van der Waals surface area contributed by atoms with E-state index in [1.165, 1.54) is 0 Å². The van der Waals surface area contributed by atoms with E-state index in [1.54, 1.807) is 0 Å². The summed E-state index contributed by atoms with van der Waals surface area (Å²) >= 11 is 0. The lowest BCUT2D eigenvalue weighted by atomic mass is 9.91. The number of piperidine rings is 1. The summed E-state index contributed by atoms with van der Waals surface area (Å²) in [7, 11) is -3.85. The molecule has 2 aliphatic rings. The van der Waals surface area contributed by atoms with E-state index < -0.39 is 33.4 Å². The van der Waals surface area contributed by atoms with Crippen molar-refractivity contribution in [2.24, 2.45) is 22.2 Å². The highest BCUT2D eigenvalue weighted by atomic mass is 32.2. The minimum atomic E-state index is -3.85. The van der Waals surface area contributed by atoms with Crippen LogP contribution in [0.25, 0.3) is 0 Å². The number of carbonyl (C=O) groups excluding carboxylic acids is 1. The Labute approximate surface area is 97.1 Å². The molecule has 0 unspecified atom stereocenters. The number of nitrogens with two attached hydrogens (primary N) is 2. The first-order valence-corrected chi connectivity index (χ1v) is 6.58. The number of carbonyl (C=O) groups is 1. The van der Waals surface area contributed by atoms with Crippen LogP contribution in [-0.2, 0) is 15.0 Å². The van der Waals surface area contributed by atoms with Crippen LogP contribution < -0.4 is 10.9 Å². The van der Waals surface area contributed by atoms with Crippen LogP contribution in [0.5, 0.6) is 0 Å². The predicted octanol–water partition coefficient (Wildman–Crippen LogP) is -0.977. The summed E-state index contributed by atoms with van der Waals surface area (Å²) in [4.78, 5) is 10.9. The molecule has 4 N–H and O–H groups in total. The Kier molecular flexibility index (Phi) is 2.50. The molecule has 17 heavy (non-hydrogen) atoms. The highest BCUT2D eigenvalue weighted by molar-refractivity contribution is 7.86. The van der Waals surface area contributed by atoms with E-state index >= 15 is 0 Å². The molecule has 9 heteroatoms. The molecule has 1 aliphatic carbocycles. The van der Waals surface area contributed by atoms with Crippen LogP contribution in [0.1, 0.15) is 12.8 Å². The second-order valence-electron chi connectivity index (χ2n) is 4.56. The SMILES string of the molecule is NC(=O)[C@@H]1C(F)(F)C12CCN(S(N)(=O)=O)CC2. The van der Waals surface area contributed by atoms with Crippen LogP contribution in [0, 0.1) is 11.3 Å². The molecule has 2 fully saturated rings. The van der Waals surface area contributed by atoms with Gasteiger partial charge < -0.3 is 5.73 Å². The van der Waals surface area contributed by atoms with E-state index in [-0.39, 0.29) is 25.9 Å². The van der Waals surface area contributed by atoms with Crippen molar-refractivity contribution in [2.45, 2.75) is 18.8 Å². The van der Waals surface area contributed by atoms with Gasteiger partial charge in [-0.15, -0.1) is 0 Å². The maximum atomic E-state index is 13.5. The van der Waals surface area contributed by atoms with Gasteiger partial charge in [0.15, 0.2) is 0 Å². The lowest BCUT2D eigenvalue weighted by molar-refractivity contribution is -0.121. The minimum absolute atomic E-state index is 0.0932. The van der Waals surface area contributed by atoms with Crippen molar-refractivity contribution in [3.05, 3.63) is 0 Å². The Balaban J connectivity index is 2.13. The third kappa shape index (κ3) is 1.64. The zero-order valence-electron chi connectivity index (χ0n) is 8.90. The van der Waals surface area contributed by atoms with E-state index in [0.717, 1.165) is 4.31 Å². The molecule has 1 amide bonds. The molecule has 1 saturated carbocycles. The number of primary amides is 1. The van der Waals surface area contributed by atoms with E-state index in [9.17, 15) is 22.0 Å². The molecule has 6 nitrogen and oxygen atoms in total. The number of nitrogens with zero attached hydrogens (tertiary/aromatic N) is 1. The molecule has 0 aromatic heterocycles. The van der Waals surface area contributed by atoms with Crippen LogP contribution in [0.4, 0.5) is 8.78 Å². The van der Waals surface area contributed by atoms with Crippen molar-refractivity contribution in [1.82, 2.24) is 4.31 Å². The molecule has 98 valence electrons. The Morgan fingerprint density at radius 1 is 1.29 bits per heavy atom. The third-order valence-corrected chi connectivity index (χ3v) is 4.84. The number of halogens is 2. The molecule has 2 rings (SSSR count). The van der Waals surface area contributed by atoms with Gasteiger partial charge in [0, 0.05) is 13.1 Å². The van der Waals surface area contributed by atoms with Gasteiger partial charge in [0.05, 0.1) is 5.41 Å². The van der Waals surface area contributed by atoms with Crippen molar-refractivity contribution < 1.29 is 22.0 Å². The normalized spacial score (nSPS) is 31.4. The fraction of sp³-hybridized carbons (Fsp3) is 0.875. The second-order valence-corrected chi connectivity index (χ2v) is 6.10. The average Bonchev–Trinajstić information content (AvgIpc) is 2.61. The Bertz CT molecular complexity index is 457. The van der Waals surface area contributed by atoms with Crippen LogP contribution in [-0.4, -0.2) is 37.6 Å². The number of rotatable bonds is 2. The molecule has 1 spiro atoms. The number of hydrogen-bond donors (Lipinski definition) is 2. The summed E-state index contributed by atoms with van der Waals surface area (Å²) in [5, 5.41) is 4.90. The number of hydrogen-bond acceptors (Lipinski definition) is 3. The molecular weight excluding hydrogens is 256 g/mol. The van der Waals surface area contributed by atoms with Gasteiger partial charge in [-0.1, -0.05) is 0 Å². The van der Waals surface area contributed by atoms with Gasteiger partial charge in [-0.25, -0.2) is 13.9 Å². The van der Waals surface area contributed by atoms with Crippen LogP contribution in [0.2, 0.25) is 0 Å². The van der Waals surface area contributed by atoms with E-state index in [0.29, 0.717) is 0 Å². The van der Waals surface area contributed by atoms with Gasteiger partial charge in [-0.2, -0.15) is 12.7 Å². The number of alkyl halides is 2. The Morgan fingerprint density at radius 3 is 2.06 bits per heavy atom. The maximum absolute atomic E-state index is 13.5. The first kappa shape index (κ1) is 12.7. The van der Waals surface area contributed by atoms with Crippen molar-refractivity contribution in [3.63, 3.8) is 0 Å². The first-order valence-electron chi connectivity index (χ1n) is 5.08. The molecule has 0 aromatic carbocycles. The number of amides is 1. The highest BCUT2D eigenvalue weighted by Crippen LogP contribution is 2.70. The zero-order chi connectivity index (χ0) is 13.1. The predicted molar refractivity (Wildman–Crippen MR) is 54.0 cm³/mol. The average molecular weight is 269 g/mol. The standard InChI is InChI=1S/C8H13F2N3O3S/c9-8(10)5(6(11)14)7(8)1-3-13(4-2-7)17(12,15)16/h5H,1-4H2,(H2,11,14)(H2,12,15,16)/t5-/m0/s1. The van der Waals surface area contributed by atoms with E-state index in [2.05, 4.69) is 0 Å². The quantitative estimate of drug-likeness (QED) is 0.673. The maximum Gasteiger partial charge on any atom is 0.276 e. The minimum Gasteiger partial charge on any atom is -0.369 e. The van der Waals surface area contributed by atoms with Crippen molar-refractivity contribution in [2.75, 3.05) is 13.1 Å². The summed E-state index contributed by atoms with van der Waals surface area (Å²) in [6.07, 6.45) is -0.186. The van der Waals surface area contributed by atoms with Gasteiger partial charge in [0.2, 0.25) is 5.91 Å². The summed E-state index contributed by atoms with van der Waals surface area (Å²) in [5.41, 5.74) is 3.47. The van der Waals surface area contributed by atoms with Crippen LogP contribution >= 0.6 is 0 Å². The van der Waals surface area contributed by atoms with Crippen LogP contribution in [0.3, 0.4) is 0 Å². The molecule has 1 atom stereocenters. The topological polar surface area (TPSA) is 106 Å². The fourth-order valence-corrected chi connectivity index (χ4v) is 3.41.